The van der Waals surface area contributed by atoms with E-state index in [1.54, 1.807) is 18.3 Å². The van der Waals surface area contributed by atoms with Gasteiger partial charge in [-0.1, -0.05) is 12.1 Å². The van der Waals surface area contributed by atoms with Crippen LogP contribution in [-0.2, 0) is 5.67 Å². The zero-order valence-electron chi connectivity index (χ0n) is 7.45. The number of rotatable bonds is 1. The van der Waals surface area contributed by atoms with Gasteiger partial charge in [0.2, 0.25) is 0 Å². The molecule has 1 aliphatic rings. The molecule has 0 spiro atoms. The summed E-state index contributed by atoms with van der Waals surface area (Å²) in [5, 5.41) is 0. The van der Waals surface area contributed by atoms with Gasteiger partial charge in [0.05, 0.1) is 0 Å². The molecule has 0 radical (unpaired) electrons. The third-order valence-electron chi connectivity index (χ3n) is 2.21. The van der Waals surface area contributed by atoms with Crippen molar-refractivity contribution >= 4 is 0 Å². The van der Waals surface area contributed by atoms with E-state index in [1.165, 1.54) is 24.4 Å². The quantitative estimate of drug-likeness (QED) is 0.668. The minimum Gasteiger partial charge on any atom is -0.264 e. The van der Waals surface area contributed by atoms with E-state index < -0.39 is 11.5 Å². The number of pyridine rings is 1. The molecular weight excluding hydrogens is 184 g/mol. The van der Waals surface area contributed by atoms with E-state index in [0.717, 1.165) is 0 Å². The van der Waals surface area contributed by atoms with Crippen LogP contribution in [0.3, 0.4) is 0 Å². The second-order valence-corrected chi connectivity index (χ2v) is 3.25. The number of nitrogens with zero attached hydrogens (tertiary/aromatic N) is 1. The topological polar surface area (TPSA) is 12.9 Å². The first-order valence-electron chi connectivity index (χ1n) is 4.34. The second-order valence-electron chi connectivity index (χ2n) is 3.25. The zero-order chi connectivity index (χ0) is 10.0. The molecular formula is C11H9F2N. The molecule has 1 aliphatic carbocycles. The molecule has 0 saturated carbocycles. The van der Waals surface area contributed by atoms with Crippen LogP contribution in [0.5, 0.6) is 0 Å². The Hall–Kier alpha value is -1.51. The Morgan fingerprint density at radius 2 is 2.29 bits per heavy atom. The van der Waals surface area contributed by atoms with Crippen molar-refractivity contribution in [1.82, 2.24) is 4.98 Å². The third-order valence-corrected chi connectivity index (χ3v) is 2.21. The van der Waals surface area contributed by atoms with Crippen LogP contribution in [0.1, 0.15) is 12.0 Å². The van der Waals surface area contributed by atoms with Gasteiger partial charge in [-0.15, -0.1) is 0 Å². The first kappa shape index (κ1) is 9.06. The Labute approximate surface area is 80.8 Å². The molecule has 0 bridgehead atoms. The smallest absolute Gasteiger partial charge is 0.162 e. The van der Waals surface area contributed by atoms with Crippen LogP contribution >= 0.6 is 0 Å². The molecule has 2 rings (SSSR count). The lowest BCUT2D eigenvalue weighted by atomic mass is 9.90. The van der Waals surface area contributed by atoms with Crippen molar-refractivity contribution < 1.29 is 8.78 Å². The second kappa shape index (κ2) is 3.33. The number of hydrogen-bond acceptors (Lipinski definition) is 1. The highest BCUT2D eigenvalue weighted by molar-refractivity contribution is 5.31. The van der Waals surface area contributed by atoms with Gasteiger partial charge in [-0.2, -0.15) is 0 Å². The van der Waals surface area contributed by atoms with Gasteiger partial charge in [0.25, 0.3) is 0 Å². The number of aromatic nitrogens is 1. The Morgan fingerprint density at radius 3 is 2.93 bits per heavy atom. The average Bonchev–Trinajstić information content (AvgIpc) is 2.19. The van der Waals surface area contributed by atoms with E-state index >= 15 is 0 Å². The van der Waals surface area contributed by atoms with Crippen LogP contribution < -0.4 is 0 Å². The third kappa shape index (κ3) is 1.58. The normalized spacial score (nSPS) is 26.0. The number of alkyl halides is 1. The molecule has 0 saturated heterocycles. The van der Waals surface area contributed by atoms with E-state index in [0.29, 0.717) is 5.56 Å². The number of allylic oxidation sites excluding steroid dienone is 4. The van der Waals surface area contributed by atoms with Crippen molar-refractivity contribution in [3.8, 4) is 0 Å². The SMILES string of the molecule is FC1=CC=CC(F)(c2cccnc2)C1. The lowest BCUT2D eigenvalue weighted by Gasteiger charge is -2.22. The van der Waals surface area contributed by atoms with Gasteiger partial charge >= 0.3 is 0 Å². The van der Waals surface area contributed by atoms with Gasteiger partial charge < -0.3 is 0 Å². The van der Waals surface area contributed by atoms with E-state index in [2.05, 4.69) is 4.98 Å². The lowest BCUT2D eigenvalue weighted by Crippen LogP contribution is -2.19. The summed E-state index contributed by atoms with van der Waals surface area (Å²) in [6.45, 7) is 0. The van der Waals surface area contributed by atoms with Crippen LogP contribution in [0.4, 0.5) is 8.78 Å². The molecule has 0 aromatic carbocycles. The van der Waals surface area contributed by atoms with Crippen molar-refractivity contribution in [2.75, 3.05) is 0 Å². The maximum Gasteiger partial charge on any atom is 0.162 e. The molecule has 1 unspecified atom stereocenters. The lowest BCUT2D eigenvalue weighted by molar-refractivity contribution is 0.216. The fourth-order valence-electron chi connectivity index (χ4n) is 1.48. The molecule has 1 atom stereocenters. The fourth-order valence-corrected chi connectivity index (χ4v) is 1.48. The Morgan fingerprint density at radius 1 is 1.43 bits per heavy atom. The van der Waals surface area contributed by atoms with Gasteiger partial charge in [-0.05, 0) is 18.2 Å². The van der Waals surface area contributed by atoms with Crippen LogP contribution in [-0.4, -0.2) is 4.98 Å². The molecule has 1 aromatic rings. The first-order chi connectivity index (χ1) is 6.71. The van der Waals surface area contributed by atoms with Gasteiger partial charge in [0, 0.05) is 24.4 Å². The molecule has 0 amide bonds. The largest absolute Gasteiger partial charge is 0.264 e. The molecule has 14 heavy (non-hydrogen) atoms. The van der Waals surface area contributed by atoms with E-state index in [4.69, 9.17) is 0 Å². The van der Waals surface area contributed by atoms with E-state index in [-0.39, 0.29) is 6.42 Å². The number of halogens is 2. The van der Waals surface area contributed by atoms with Crippen LogP contribution in [0.2, 0.25) is 0 Å². The maximum absolute atomic E-state index is 14.1. The average molecular weight is 193 g/mol. The van der Waals surface area contributed by atoms with Crippen LogP contribution in [0.25, 0.3) is 0 Å². The predicted molar refractivity (Wildman–Crippen MR) is 50.0 cm³/mol. The van der Waals surface area contributed by atoms with E-state index in [1.807, 2.05) is 0 Å². The summed E-state index contributed by atoms with van der Waals surface area (Å²) in [6.07, 6.45) is 6.76. The molecule has 3 heteroatoms. The Bertz CT molecular complexity index is 384. The maximum atomic E-state index is 14.1. The predicted octanol–water partition coefficient (Wildman–Crippen LogP) is 3.06. The van der Waals surface area contributed by atoms with Crippen molar-refractivity contribution in [3.63, 3.8) is 0 Å². The van der Waals surface area contributed by atoms with Gasteiger partial charge in [-0.3, -0.25) is 4.98 Å². The van der Waals surface area contributed by atoms with Gasteiger partial charge in [0.1, 0.15) is 5.83 Å². The summed E-state index contributed by atoms with van der Waals surface area (Å²) in [5.41, 5.74) is -1.35. The summed E-state index contributed by atoms with van der Waals surface area (Å²) in [4.78, 5) is 3.81. The summed E-state index contributed by atoms with van der Waals surface area (Å²) in [7, 11) is 0. The summed E-state index contributed by atoms with van der Waals surface area (Å²) in [5.74, 6) is -0.446. The molecule has 0 aliphatic heterocycles. The minimum atomic E-state index is -1.74. The van der Waals surface area contributed by atoms with Gasteiger partial charge in [-0.25, -0.2) is 8.78 Å². The monoisotopic (exact) mass is 193 g/mol. The molecule has 1 aromatic heterocycles. The van der Waals surface area contributed by atoms with E-state index in [9.17, 15) is 8.78 Å². The van der Waals surface area contributed by atoms with Crippen LogP contribution in [0, 0.1) is 0 Å². The van der Waals surface area contributed by atoms with Crippen molar-refractivity contribution in [3.05, 3.63) is 54.1 Å². The minimum absolute atomic E-state index is 0.241. The molecule has 1 nitrogen and oxygen atoms in total. The fraction of sp³-hybridized carbons (Fsp3) is 0.182. The molecule has 0 fully saturated rings. The zero-order valence-corrected chi connectivity index (χ0v) is 7.45. The Kier molecular flexibility index (Phi) is 2.15. The highest BCUT2D eigenvalue weighted by Crippen LogP contribution is 2.36. The number of hydrogen-bond donors (Lipinski definition) is 0. The highest BCUT2D eigenvalue weighted by Gasteiger charge is 2.32. The standard InChI is InChI=1S/C11H9F2N/c12-10-4-1-5-11(13,7-10)9-3-2-6-14-8-9/h1-6,8H,7H2. The first-order valence-corrected chi connectivity index (χ1v) is 4.34. The summed E-state index contributed by atoms with van der Waals surface area (Å²) in [6, 6.07) is 3.25. The highest BCUT2D eigenvalue weighted by atomic mass is 19.1. The molecule has 1 heterocycles. The van der Waals surface area contributed by atoms with Crippen molar-refractivity contribution in [2.45, 2.75) is 12.1 Å². The van der Waals surface area contributed by atoms with Crippen molar-refractivity contribution in [1.29, 1.82) is 0 Å². The molecule has 72 valence electrons. The summed E-state index contributed by atoms with van der Waals surface area (Å²) >= 11 is 0. The van der Waals surface area contributed by atoms with Crippen molar-refractivity contribution in [2.24, 2.45) is 0 Å². The molecule has 0 N–H and O–H groups in total. The van der Waals surface area contributed by atoms with Gasteiger partial charge in [0.15, 0.2) is 5.67 Å². The summed E-state index contributed by atoms with van der Waals surface area (Å²) < 4.78 is 27.1. The Balaban J connectivity index is 2.35. The van der Waals surface area contributed by atoms with Crippen LogP contribution in [0.15, 0.2) is 48.6 Å².